The largest absolute Gasteiger partial charge is 0.334 e. The molecule has 2 amide bonds. The predicted octanol–water partition coefficient (Wildman–Crippen LogP) is 2.55. The second kappa shape index (κ2) is 6.67. The van der Waals surface area contributed by atoms with Crippen LogP contribution in [0.15, 0.2) is 61.3 Å². The van der Waals surface area contributed by atoms with Crippen LogP contribution in [0.1, 0.15) is 11.4 Å². The van der Waals surface area contributed by atoms with Crippen LogP contribution in [0.25, 0.3) is 11.3 Å². The number of nitrogens with zero attached hydrogens (tertiary/aromatic N) is 5. The second-order valence-electron chi connectivity index (χ2n) is 5.83. The Bertz CT molecular complexity index is 1050. The van der Waals surface area contributed by atoms with Gasteiger partial charge in [0.2, 0.25) is 0 Å². The molecule has 0 bridgehead atoms. The van der Waals surface area contributed by atoms with Gasteiger partial charge in [0.15, 0.2) is 5.65 Å². The van der Waals surface area contributed by atoms with E-state index in [1.165, 1.54) is 0 Å². The van der Waals surface area contributed by atoms with Crippen molar-refractivity contribution < 1.29 is 4.79 Å². The Morgan fingerprint density at radius 2 is 2.15 bits per heavy atom. The smallest absolute Gasteiger partial charge is 0.319 e. The minimum Gasteiger partial charge on any atom is -0.334 e. The highest BCUT2D eigenvalue weighted by atomic mass is 16.2. The molecule has 1 aromatic carbocycles. The van der Waals surface area contributed by atoms with Gasteiger partial charge in [-0.25, -0.2) is 19.3 Å². The van der Waals surface area contributed by atoms with E-state index in [9.17, 15) is 4.79 Å². The van der Waals surface area contributed by atoms with Gasteiger partial charge in [0.05, 0.1) is 18.2 Å². The summed E-state index contributed by atoms with van der Waals surface area (Å²) in [4.78, 5) is 20.5. The standard InChI is InChI=1S/C18H17N7O/c1-13-21-17-6-5-15(11-25(17)23-13)22-18(26)20-10-14-3-2-4-16(9-14)24-8-7-19-12-24/h2-9,11-12H,10H2,1H3,(H2,20,22,26). The van der Waals surface area contributed by atoms with Crippen LogP contribution >= 0.6 is 0 Å². The number of fused-ring (bicyclic) bond motifs is 1. The second-order valence-corrected chi connectivity index (χ2v) is 5.83. The number of hydrogen-bond donors (Lipinski definition) is 2. The van der Waals surface area contributed by atoms with Crippen LogP contribution in [0.5, 0.6) is 0 Å². The number of rotatable bonds is 4. The van der Waals surface area contributed by atoms with E-state index in [1.807, 2.05) is 48.0 Å². The summed E-state index contributed by atoms with van der Waals surface area (Å²) in [5.41, 5.74) is 3.37. The van der Waals surface area contributed by atoms with Crippen LogP contribution in [-0.2, 0) is 6.54 Å². The molecule has 0 aliphatic carbocycles. The molecule has 0 saturated heterocycles. The zero-order valence-corrected chi connectivity index (χ0v) is 14.1. The molecule has 3 aromatic heterocycles. The van der Waals surface area contributed by atoms with Gasteiger partial charge in [-0.15, -0.1) is 0 Å². The normalized spacial score (nSPS) is 10.8. The Hall–Kier alpha value is -3.68. The van der Waals surface area contributed by atoms with Crippen LogP contribution in [0.4, 0.5) is 10.5 Å². The fourth-order valence-electron chi connectivity index (χ4n) is 2.66. The average molecular weight is 347 g/mol. The number of anilines is 1. The van der Waals surface area contributed by atoms with Gasteiger partial charge in [0.1, 0.15) is 5.82 Å². The monoisotopic (exact) mass is 347 g/mol. The molecule has 8 heteroatoms. The molecule has 0 unspecified atom stereocenters. The molecule has 4 rings (SSSR count). The van der Waals surface area contributed by atoms with E-state index in [2.05, 4.69) is 25.7 Å². The maximum atomic E-state index is 12.2. The first-order valence-electron chi connectivity index (χ1n) is 8.12. The highest BCUT2D eigenvalue weighted by Gasteiger charge is 2.05. The van der Waals surface area contributed by atoms with Crippen molar-refractivity contribution in [3.05, 3.63) is 72.7 Å². The minimum atomic E-state index is -0.283. The summed E-state index contributed by atoms with van der Waals surface area (Å²) in [6, 6.07) is 11.2. The van der Waals surface area contributed by atoms with Gasteiger partial charge in [-0.1, -0.05) is 12.1 Å². The highest BCUT2D eigenvalue weighted by Crippen LogP contribution is 2.11. The molecule has 26 heavy (non-hydrogen) atoms. The Labute approximate surface area is 149 Å². The van der Waals surface area contributed by atoms with Crippen LogP contribution in [0, 0.1) is 6.92 Å². The molecular weight excluding hydrogens is 330 g/mol. The number of benzene rings is 1. The first-order chi connectivity index (χ1) is 12.7. The van der Waals surface area contributed by atoms with Gasteiger partial charge in [-0.3, -0.25) is 0 Å². The Morgan fingerprint density at radius 3 is 3.00 bits per heavy atom. The molecule has 130 valence electrons. The Kier molecular flexibility index (Phi) is 4.06. The third kappa shape index (κ3) is 3.39. The number of carbonyl (C=O) groups is 1. The van der Waals surface area contributed by atoms with E-state index >= 15 is 0 Å². The molecule has 0 atom stereocenters. The molecule has 0 aliphatic rings. The molecule has 4 aromatic rings. The SMILES string of the molecule is Cc1nc2ccc(NC(=O)NCc3cccc(-n4ccnc4)c3)cn2n1. The molecule has 0 spiro atoms. The van der Waals surface area contributed by atoms with E-state index in [0.29, 0.717) is 18.1 Å². The van der Waals surface area contributed by atoms with Crippen LogP contribution in [-0.4, -0.2) is 30.2 Å². The van der Waals surface area contributed by atoms with Crippen molar-refractivity contribution in [2.45, 2.75) is 13.5 Å². The third-order valence-electron chi connectivity index (χ3n) is 3.86. The quantitative estimate of drug-likeness (QED) is 0.594. The maximum absolute atomic E-state index is 12.2. The van der Waals surface area contributed by atoms with Crippen LogP contribution in [0.2, 0.25) is 0 Å². The molecular formula is C18H17N7O. The topological polar surface area (TPSA) is 89.1 Å². The van der Waals surface area contributed by atoms with Gasteiger partial charge in [-0.2, -0.15) is 5.10 Å². The van der Waals surface area contributed by atoms with E-state index in [-0.39, 0.29) is 6.03 Å². The minimum absolute atomic E-state index is 0.283. The highest BCUT2D eigenvalue weighted by molar-refractivity contribution is 5.89. The van der Waals surface area contributed by atoms with Gasteiger partial charge >= 0.3 is 6.03 Å². The number of hydrogen-bond acceptors (Lipinski definition) is 4. The number of amides is 2. The number of aromatic nitrogens is 5. The summed E-state index contributed by atoms with van der Waals surface area (Å²) in [7, 11) is 0. The summed E-state index contributed by atoms with van der Waals surface area (Å²) in [6.45, 7) is 2.24. The third-order valence-corrected chi connectivity index (χ3v) is 3.86. The summed E-state index contributed by atoms with van der Waals surface area (Å²) in [5.74, 6) is 0.685. The van der Waals surface area contributed by atoms with Crippen molar-refractivity contribution in [1.29, 1.82) is 0 Å². The molecule has 2 N–H and O–H groups in total. The molecule has 0 fully saturated rings. The average Bonchev–Trinajstić information content (AvgIpc) is 3.29. The zero-order chi connectivity index (χ0) is 17.9. The predicted molar refractivity (Wildman–Crippen MR) is 97.1 cm³/mol. The molecule has 0 radical (unpaired) electrons. The number of carbonyl (C=O) groups excluding carboxylic acids is 1. The van der Waals surface area contributed by atoms with Gasteiger partial charge in [0.25, 0.3) is 0 Å². The lowest BCUT2D eigenvalue weighted by Crippen LogP contribution is -2.28. The maximum Gasteiger partial charge on any atom is 0.319 e. The number of aryl methyl sites for hydroxylation is 1. The lowest BCUT2D eigenvalue weighted by molar-refractivity contribution is 0.251. The molecule has 0 saturated carbocycles. The summed E-state index contributed by atoms with van der Waals surface area (Å²) in [6.07, 6.45) is 7.07. The van der Waals surface area contributed by atoms with E-state index in [0.717, 1.165) is 16.9 Å². The Balaban J connectivity index is 1.39. The number of pyridine rings is 1. The van der Waals surface area contributed by atoms with Gasteiger partial charge < -0.3 is 15.2 Å². The first kappa shape index (κ1) is 15.8. The fraction of sp³-hybridized carbons (Fsp3) is 0.111. The molecule has 0 aliphatic heterocycles. The summed E-state index contributed by atoms with van der Waals surface area (Å²) < 4.78 is 3.55. The lowest BCUT2D eigenvalue weighted by atomic mass is 10.2. The Morgan fingerprint density at radius 1 is 1.23 bits per heavy atom. The number of urea groups is 1. The first-order valence-corrected chi connectivity index (χ1v) is 8.12. The van der Waals surface area contributed by atoms with Crippen molar-refractivity contribution >= 4 is 17.4 Å². The van der Waals surface area contributed by atoms with Crippen molar-refractivity contribution in [3.63, 3.8) is 0 Å². The number of imidazole rings is 1. The number of nitrogens with one attached hydrogen (secondary N) is 2. The van der Waals surface area contributed by atoms with Crippen LogP contribution < -0.4 is 10.6 Å². The van der Waals surface area contributed by atoms with Crippen molar-refractivity contribution in [2.75, 3.05) is 5.32 Å². The van der Waals surface area contributed by atoms with Crippen LogP contribution in [0.3, 0.4) is 0 Å². The van der Waals surface area contributed by atoms with Crippen molar-refractivity contribution in [1.82, 2.24) is 29.5 Å². The zero-order valence-electron chi connectivity index (χ0n) is 14.1. The lowest BCUT2D eigenvalue weighted by Gasteiger charge is -2.09. The van der Waals surface area contributed by atoms with Crippen molar-refractivity contribution in [2.24, 2.45) is 0 Å². The summed E-state index contributed by atoms with van der Waals surface area (Å²) >= 11 is 0. The molecule has 3 heterocycles. The molecule has 8 nitrogen and oxygen atoms in total. The van der Waals surface area contributed by atoms with Gasteiger partial charge in [0, 0.05) is 24.6 Å². The summed E-state index contributed by atoms with van der Waals surface area (Å²) in [5, 5.41) is 9.89. The van der Waals surface area contributed by atoms with E-state index in [1.54, 1.807) is 29.3 Å². The van der Waals surface area contributed by atoms with E-state index < -0.39 is 0 Å². The fourth-order valence-corrected chi connectivity index (χ4v) is 2.66. The van der Waals surface area contributed by atoms with E-state index in [4.69, 9.17) is 0 Å². The van der Waals surface area contributed by atoms with Crippen molar-refractivity contribution in [3.8, 4) is 5.69 Å². The van der Waals surface area contributed by atoms with Gasteiger partial charge in [-0.05, 0) is 36.8 Å².